The summed E-state index contributed by atoms with van der Waals surface area (Å²) in [5.41, 5.74) is 1.43. The molecule has 2 heterocycles. The summed E-state index contributed by atoms with van der Waals surface area (Å²) in [4.78, 5) is 29.8. The van der Waals surface area contributed by atoms with Crippen LogP contribution >= 0.6 is 11.6 Å². The fourth-order valence-corrected chi connectivity index (χ4v) is 2.84. The Labute approximate surface area is 154 Å². The quantitative estimate of drug-likeness (QED) is 0.737. The molecule has 3 rings (SSSR count). The van der Waals surface area contributed by atoms with Gasteiger partial charge in [-0.2, -0.15) is 0 Å². The number of anilines is 1. The summed E-state index contributed by atoms with van der Waals surface area (Å²) in [5.74, 6) is -0.526. The van der Waals surface area contributed by atoms with Crippen LogP contribution < -0.4 is 5.32 Å². The van der Waals surface area contributed by atoms with Crippen LogP contribution in [-0.2, 0) is 14.3 Å². The Kier molecular flexibility index (Phi) is 5.24. The minimum atomic E-state index is -0.606. The number of aliphatic hydroxyl groups excluding tert-OH is 1. The van der Waals surface area contributed by atoms with Gasteiger partial charge in [0.15, 0.2) is 12.2 Å². The zero-order chi connectivity index (χ0) is 18.7. The van der Waals surface area contributed by atoms with Gasteiger partial charge in [-0.3, -0.25) is 4.79 Å². The first-order valence-electron chi connectivity index (χ1n) is 7.72. The van der Waals surface area contributed by atoms with E-state index in [-0.39, 0.29) is 31.0 Å². The number of carbonyl (C=O) groups excluding carboxylic acids is 2. The molecule has 1 aliphatic rings. The standard InChI is InChI=1S/C17H16ClN3O5/c1-25-17(24)12-8-21(4-5-22)16(23)15(12)20-10-2-3-13(18)11(6-10)14-7-19-9-26-14/h2-3,6-7,9,20,22H,4-5,8H2,1H3. The molecule has 2 N–H and O–H groups in total. The number of ether oxygens (including phenoxy) is 1. The van der Waals surface area contributed by atoms with Crippen LogP contribution in [-0.4, -0.2) is 53.7 Å². The molecule has 1 aromatic heterocycles. The highest BCUT2D eigenvalue weighted by Gasteiger charge is 2.34. The minimum absolute atomic E-state index is 0.0664. The number of nitrogens with zero attached hydrogens (tertiary/aromatic N) is 2. The summed E-state index contributed by atoms with van der Waals surface area (Å²) in [6.07, 6.45) is 2.81. The van der Waals surface area contributed by atoms with Gasteiger partial charge < -0.3 is 24.5 Å². The Morgan fingerprint density at radius 1 is 1.50 bits per heavy atom. The van der Waals surface area contributed by atoms with Crippen LogP contribution in [0.4, 0.5) is 5.69 Å². The highest BCUT2D eigenvalue weighted by atomic mass is 35.5. The molecule has 0 saturated carbocycles. The van der Waals surface area contributed by atoms with Gasteiger partial charge in [-0.1, -0.05) is 11.6 Å². The molecule has 136 valence electrons. The van der Waals surface area contributed by atoms with Crippen molar-refractivity contribution in [2.75, 3.05) is 32.1 Å². The average molecular weight is 378 g/mol. The van der Waals surface area contributed by atoms with E-state index in [1.165, 1.54) is 24.6 Å². The number of nitrogens with one attached hydrogen (secondary N) is 1. The smallest absolute Gasteiger partial charge is 0.337 e. The number of benzene rings is 1. The first kappa shape index (κ1) is 18.0. The molecule has 0 radical (unpaired) electrons. The number of aliphatic hydroxyl groups is 1. The van der Waals surface area contributed by atoms with Gasteiger partial charge in [0.05, 0.1) is 37.1 Å². The number of hydrogen-bond donors (Lipinski definition) is 2. The first-order chi connectivity index (χ1) is 12.5. The number of halogens is 1. The second-order valence-corrected chi connectivity index (χ2v) is 5.89. The van der Waals surface area contributed by atoms with Crippen molar-refractivity contribution in [3.8, 4) is 11.3 Å². The molecule has 2 aromatic rings. The number of β-amino-alcohol motifs (C(OH)–C–C–N with tert-alkyl or cyclic N) is 1. The molecular weight excluding hydrogens is 362 g/mol. The number of esters is 1. The van der Waals surface area contributed by atoms with Gasteiger partial charge in [0.1, 0.15) is 5.70 Å². The predicted molar refractivity (Wildman–Crippen MR) is 93.3 cm³/mol. The lowest BCUT2D eigenvalue weighted by Crippen LogP contribution is -2.31. The van der Waals surface area contributed by atoms with Gasteiger partial charge in [0.25, 0.3) is 5.91 Å². The number of amides is 1. The molecule has 8 nitrogen and oxygen atoms in total. The van der Waals surface area contributed by atoms with Gasteiger partial charge >= 0.3 is 5.97 Å². The molecule has 0 fully saturated rings. The molecular formula is C17H16ClN3O5. The summed E-state index contributed by atoms with van der Waals surface area (Å²) in [5, 5.41) is 12.5. The Hall–Kier alpha value is -2.84. The van der Waals surface area contributed by atoms with Crippen LogP contribution in [0, 0.1) is 0 Å². The lowest BCUT2D eigenvalue weighted by Gasteiger charge is -2.15. The second-order valence-electron chi connectivity index (χ2n) is 5.48. The lowest BCUT2D eigenvalue weighted by molar-refractivity contribution is -0.136. The van der Waals surface area contributed by atoms with Gasteiger partial charge in [0.2, 0.25) is 0 Å². The summed E-state index contributed by atoms with van der Waals surface area (Å²) >= 11 is 6.19. The van der Waals surface area contributed by atoms with Gasteiger partial charge in [0, 0.05) is 17.8 Å². The maximum Gasteiger partial charge on any atom is 0.337 e. The Balaban J connectivity index is 1.94. The Morgan fingerprint density at radius 2 is 2.31 bits per heavy atom. The van der Waals surface area contributed by atoms with Gasteiger partial charge in [-0.05, 0) is 18.2 Å². The predicted octanol–water partition coefficient (Wildman–Crippen LogP) is 1.67. The van der Waals surface area contributed by atoms with Crippen molar-refractivity contribution >= 4 is 29.2 Å². The fraction of sp³-hybridized carbons (Fsp3) is 0.235. The largest absolute Gasteiger partial charge is 0.466 e. The Bertz CT molecular complexity index is 863. The SMILES string of the molecule is COC(=O)C1=C(Nc2ccc(Cl)c(-c3cnco3)c2)C(=O)N(CCO)C1. The summed E-state index contributed by atoms with van der Waals surface area (Å²) in [6.45, 7) is -0.0184. The monoisotopic (exact) mass is 377 g/mol. The van der Waals surface area contributed by atoms with Crippen LogP contribution in [0.1, 0.15) is 0 Å². The van der Waals surface area contributed by atoms with Crippen LogP contribution in [0.15, 0.2) is 46.5 Å². The zero-order valence-corrected chi connectivity index (χ0v) is 14.6. The maximum atomic E-state index is 12.5. The molecule has 0 spiro atoms. The normalized spacial score (nSPS) is 14.1. The zero-order valence-electron chi connectivity index (χ0n) is 13.9. The lowest BCUT2D eigenvalue weighted by atomic mass is 10.1. The molecule has 0 bridgehead atoms. The molecule has 26 heavy (non-hydrogen) atoms. The number of rotatable bonds is 6. The molecule has 0 aliphatic carbocycles. The van der Waals surface area contributed by atoms with E-state index >= 15 is 0 Å². The van der Waals surface area contributed by atoms with E-state index in [9.17, 15) is 9.59 Å². The van der Waals surface area contributed by atoms with Crippen LogP contribution in [0.25, 0.3) is 11.3 Å². The van der Waals surface area contributed by atoms with E-state index in [0.29, 0.717) is 22.0 Å². The molecule has 0 saturated heterocycles. The van der Waals surface area contributed by atoms with Crippen LogP contribution in [0.3, 0.4) is 0 Å². The second kappa shape index (κ2) is 7.59. The van der Waals surface area contributed by atoms with Crippen molar-refractivity contribution in [2.45, 2.75) is 0 Å². The number of methoxy groups -OCH3 is 1. The summed E-state index contributed by atoms with van der Waals surface area (Å²) in [7, 11) is 1.25. The highest BCUT2D eigenvalue weighted by Crippen LogP contribution is 2.32. The van der Waals surface area contributed by atoms with E-state index in [4.69, 9.17) is 25.9 Å². The van der Waals surface area contributed by atoms with E-state index < -0.39 is 11.9 Å². The van der Waals surface area contributed by atoms with E-state index in [2.05, 4.69) is 10.3 Å². The number of hydrogen-bond acceptors (Lipinski definition) is 7. The summed E-state index contributed by atoms with van der Waals surface area (Å²) < 4.78 is 10.0. The van der Waals surface area contributed by atoms with Crippen molar-refractivity contribution in [3.05, 3.63) is 47.1 Å². The Morgan fingerprint density at radius 3 is 2.96 bits per heavy atom. The van der Waals surface area contributed by atoms with E-state index in [1.807, 2.05) is 0 Å². The van der Waals surface area contributed by atoms with E-state index in [0.717, 1.165) is 0 Å². The van der Waals surface area contributed by atoms with Crippen LogP contribution in [0.5, 0.6) is 0 Å². The fourth-order valence-electron chi connectivity index (χ4n) is 2.63. The summed E-state index contributed by atoms with van der Waals surface area (Å²) in [6, 6.07) is 5.00. The third-order valence-corrected chi connectivity index (χ3v) is 4.22. The van der Waals surface area contributed by atoms with Crippen molar-refractivity contribution in [3.63, 3.8) is 0 Å². The van der Waals surface area contributed by atoms with Crippen LogP contribution in [0.2, 0.25) is 5.02 Å². The minimum Gasteiger partial charge on any atom is -0.466 e. The highest BCUT2D eigenvalue weighted by molar-refractivity contribution is 6.33. The van der Waals surface area contributed by atoms with E-state index in [1.54, 1.807) is 18.2 Å². The molecule has 0 unspecified atom stereocenters. The molecule has 1 aromatic carbocycles. The molecule has 0 atom stereocenters. The first-order valence-corrected chi connectivity index (χ1v) is 8.10. The molecule has 1 aliphatic heterocycles. The van der Waals surface area contributed by atoms with Gasteiger partial charge in [-0.25, -0.2) is 9.78 Å². The number of aromatic nitrogens is 1. The number of carbonyl (C=O) groups is 2. The molecule has 1 amide bonds. The average Bonchev–Trinajstić information content (AvgIpc) is 3.27. The maximum absolute atomic E-state index is 12.5. The third-order valence-electron chi connectivity index (χ3n) is 3.89. The van der Waals surface area contributed by atoms with Crippen molar-refractivity contribution < 1.29 is 23.8 Å². The topological polar surface area (TPSA) is 105 Å². The molecule has 9 heteroatoms. The van der Waals surface area contributed by atoms with Crippen molar-refractivity contribution in [2.24, 2.45) is 0 Å². The van der Waals surface area contributed by atoms with Crippen molar-refractivity contribution in [1.82, 2.24) is 9.88 Å². The number of oxazole rings is 1. The third kappa shape index (κ3) is 3.42. The van der Waals surface area contributed by atoms with Crippen molar-refractivity contribution in [1.29, 1.82) is 0 Å². The van der Waals surface area contributed by atoms with Gasteiger partial charge in [-0.15, -0.1) is 0 Å².